The number of hydrogen-bond acceptors (Lipinski definition) is 4. The van der Waals surface area contributed by atoms with E-state index in [-0.39, 0.29) is 10.8 Å². The van der Waals surface area contributed by atoms with Crippen LogP contribution in [0.2, 0.25) is 0 Å². The SMILES string of the molecule is CC(C)NCCCCOc1cc(-c2cccc(-c3cc(C(=O)O)cs3)c2)cc2c1C(C)(C)CCC2(C)C. The minimum absolute atomic E-state index is 0.0595. The average molecular weight is 520 g/mol. The van der Waals surface area contributed by atoms with Gasteiger partial charge in [0, 0.05) is 21.9 Å². The van der Waals surface area contributed by atoms with Crippen molar-refractivity contribution < 1.29 is 14.6 Å². The number of unbranched alkanes of at least 4 members (excludes halogenated alkanes) is 1. The number of nitrogens with one attached hydrogen (secondary N) is 1. The van der Waals surface area contributed by atoms with E-state index in [9.17, 15) is 9.90 Å². The second-order valence-electron chi connectivity index (χ2n) is 11.9. The van der Waals surface area contributed by atoms with Crippen molar-refractivity contribution in [2.45, 2.75) is 84.1 Å². The maximum absolute atomic E-state index is 11.4. The molecule has 1 aliphatic rings. The van der Waals surface area contributed by atoms with Crippen molar-refractivity contribution >= 4 is 17.3 Å². The first kappa shape index (κ1) is 27.4. The number of rotatable bonds is 10. The third-order valence-corrected chi connectivity index (χ3v) is 8.57. The Bertz CT molecular complexity index is 1250. The zero-order valence-electron chi connectivity index (χ0n) is 23.1. The number of hydrogen-bond donors (Lipinski definition) is 2. The lowest BCUT2D eigenvalue weighted by atomic mass is 9.62. The van der Waals surface area contributed by atoms with Crippen LogP contribution in [0.4, 0.5) is 0 Å². The van der Waals surface area contributed by atoms with Gasteiger partial charge in [-0.25, -0.2) is 4.79 Å². The number of carbonyl (C=O) groups is 1. The molecular weight excluding hydrogens is 478 g/mol. The van der Waals surface area contributed by atoms with E-state index in [1.165, 1.54) is 22.5 Å². The van der Waals surface area contributed by atoms with Crippen molar-refractivity contribution in [1.29, 1.82) is 0 Å². The van der Waals surface area contributed by atoms with Gasteiger partial charge in [0.05, 0.1) is 12.2 Å². The summed E-state index contributed by atoms with van der Waals surface area (Å²) in [6.45, 7) is 15.5. The fraction of sp³-hybridized carbons (Fsp3) is 0.469. The molecule has 1 heterocycles. The second kappa shape index (κ2) is 11.0. The summed E-state index contributed by atoms with van der Waals surface area (Å²) >= 11 is 1.47. The van der Waals surface area contributed by atoms with E-state index in [0.29, 0.717) is 18.2 Å². The summed E-state index contributed by atoms with van der Waals surface area (Å²) in [5, 5.41) is 14.5. The van der Waals surface area contributed by atoms with Crippen LogP contribution in [0.3, 0.4) is 0 Å². The lowest BCUT2D eigenvalue weighted by Gasteiger charge is -2.43. The maximum Gasteiger partial charge on any atom is 0.336 e. The fourth-order valence-corrected chi connectivity index (χ4v) is 6.15. The number of benzene rings is 2. The Labute approximate surface area is 226 Å². The molecule has 0 bridgehead atoms. The van der Waals surface area contributed by atoms with Crippen LogP contribution in [0.15, 0.2) is 47.8 Å². The van der Waals surface area contributed by atoms with E-state index >= 15 is 0 Å². The summed E-state index contributed by atoms with van der Waals surface area (Å²) < 4.78 is 6.56. The summed E-state index contributed by atoms with van der Waals surface area (Å²) in [7, 11) is 0. The summed E-state index contributed by atoms with van der Waals surface area (Å²) in [6.07, 6.45) is 4.39. The molecule has 198 valence electrons. The van der Waals surface area contributed by atoms with Crippen molar-refractivity contribution in [2.75, 3.05) is 13.2 Å². The van der Waals surface area contributed by atoms with E-state index in [1.54, 1.807) is 11.4 Å². The molecule has 0 amide bonds. The topological polar surface area (TPSA) is 58.6 Å². The third kappa shape index (κ3) is 6.27. The van der Waals surface area contributed by atoms with Gasteiger partial charge < -0.3 is 15.2 Å². The first-order valence-electron chi connectivity index (χ1n) is 13.5. The molecule has 5 heteroatoms. The Hall–Kier alpha value is -2.63. The summed E-state index contributed by atoms with van der Waals surface area (Å²) in [4.78, 5) is 12.3. The van der Waals surface area contributed by atoms with E-state index < -0.39 is 5.97 Å². The highest BCUT2D eigenvalue weighted by atomic mass is 32.1. The van der Waals surface area contributed by atoms with Crippen molar-refractivity contribution in [3.05, 3.63) is 64.5 Å². The van der Waals surface area contributed by atoms with Gasteiger partial charge in [-0.3, -0.25) is 0 Å². The minimum Gasteiger partial charge on any atom is -0.493 e. The van der Waals surface area contributed by atoms with E-state index in [1.807, 2.05) is 0 Å². The molecule has 1 aliphatic carbocycles. The molecule has 2 aromatic carbocycles. The van der Waals surface area contributed by atoms with E-state index in [0.717, 1.165) is 59.5 Å². The molecule has 4 rings (SSSR count). The smallest absolute Gasteiger partial charge is 0.336 e. The Kier molecular flexibility index (Phi) is 8.15. The number of ether oxygens (including phenoxy) is 1. The van der Waals surface area contributed by atoms with Crippen molar-refractivity contribution in [3.63, 3.8) is 0 Å². The highest BCUT2D eigenvalue weighted by Crippen LogP contribution is 2.51. The lowest BCUT2D eigenvalue weighted by Crippen LogP contribution is -2.34. The van der Waals surface area contributed by atoms with Gasteiger partial charge >= 0.3 is 5.97 Å². The number of thiophene rings is 1. The molecule has 2 N–H and O–H groups in total. The minimum atomic E-state index is -0.889. The number of carboxylic acid groups (broad SMARTS) is 1. The number of carboxylic acids is 1. The lowest BCUT2D eigenvalue weighted by molar-refractivity contribution is 0.0697. The molecule has 0 radical (unpaired) electrons. The summed E-state index contributed by atoms with van der Waals surface area (Å²) in [5.74, 6) is 0.122. The van der Waals surface area contributed by atoms with Gasteiger partial charge in [-0.1, -0.05) is 65.8 Å². The van der Waals surface area contributed by atoms with Gasteiger partial charge in [0.25, 0.3) is 0 Å². The monoisotopic (exact) mass is 519 g/mol. The van der Waals surface area contributed by atoms with Gasteiger partial charge in [-0.15, -0.1) is 11.3 Å². The summed E-state index contributed by atoms with van der Waals surface area (Å²) in [5.41, 5.74) is 6.51. The quantitative estimate of drug-likeness (QED) is 0.265. The van der Waals surface area contributed by atoms with Crippen LogP contribution >= 0.6 is 11.3 Å². The molecule has 0 fully saturated rings. The number of aromatic carboxylic acids is 1. The van der Waals surface area contributed by atoms with Crippen LogP contribution in [0.1, 0.15) is 88.7 Å². The standard InChI is InChI=1S/C32H41NO3S/c1-21(2)33-14-7-8-15-36-27-18-24(17-26-29(27)32(5,6)13-12-31(26,3)4)22-10-9-11-23(16-22)28-19-25(20-37-28)30(34)35/h9-11,16-21,33H,7-8,12-15H2,1-6H3,(H,34,35). The van der Waals surface area contributed by atoms with Crippen molar-refractivity contribution in [1.82, 2.24) is 5.32 Å². The molecule has 37 heavy (non-hydrogen) atoms. The predicted molar refractivity (Wildman–Crippen MR) is 155 cm³/mol. The van der Waals surface area contributed by atoms with Crippen LogP contribution in [-0.4, -0.2) is 30.3 Å². The van der Waals surface area contributed by atoms with Crippen LogP contribution in [0.5, 0.6) is 5.75 Å². The molecule has 1 aromatic heterocycles. The molecule has 0 aliphatic heterocycles. The van der Waals surface area contributed by atoms with Crippen LogP contribution in [0, 0.1) is 0 Å². The molecule has 0 atom stereocenters. The first-order chi connectivity index (χ1) is 17.5. The Morgan fingerprint density at radius 3 is 2.43 bits per heavy atom. The molecule has 0 saturated carbocycles. The molecule has 4 nitrogen and oxygen atoms in total. The highest BCUT2D eigenvalue weighted by Gasteiger charge is 2.39. The Morgan fingerprint density at radius 2 is 1.73 bits per heavy atom. The molecular formula is C32H41NO3S. The fourth-order valence-electron chi connectivity index (χ4n) is 5.26. The zero-order chi connectivity index (χ0) is 26.8. The van der Waals surface area contributed by atoms with E-state index in [2.05, 4.69) is 83.3 Å². The highest BCUT2D eigenvalue weighted by molar-refractivity contribution is 7.13. The van der Waals surface area contributed by atoms with Crippen LogP contribution in [-0.2, 0) is 10.8 Å². The largest absolute Gasteiger partial charge is 0.493 e. The van der Waals surface area contributed by atoms with Crippen molar-refractivity contribution in [3.8, 4) is 27.3 Å². The molecule has 0 unspecified atom stereocenters. The van der Waals surface area contributed by atoms with Crippen molar-refractivity contribution in [2.24, 2.45) is 0 Å². The third-order valence-electron chi connectivity index (χ3n) is 7.59. The molecule has 0 spiro atoms. The average Bonchev–Trinajstić information content (AvgIpc) is 3.35. The summed E-state index contributed by atoms with van der Waals surface area (Å²) in [6, 6.07) is 15.3. The Morgan fingerprint density at radius 1 is 1.00 bits per heavy atom. The van der Waals surface area contributed by atoms with Gasteiger partial charge in [0.15, 0.2) is 0 Å². The van der Waals surface area contributed by atoms with Gasteiger partial charge in [-0.2, -0.15) is 0 Å². The van der Waals surface area contributed by atoms with Gasteiger partial charge in [0.2, 0.25) is 0 Å². The van der Waals surface area contributed by atoms with Gasteiger partial charge in [-0.05, 0) is 83.5 Å². The van der Waals surface area contributed by atoms with Crippen LogP contribution in [0.25, 0.3) is 21.6 Å². The normalized spacial score (nSPS) is 16.0. The first-order valence-corrected chi connectivity index (χ1v) is 14.3. The van der Waals surface area contributed by atoms with E-state index in [4.69, 9.17) is 4.74 Å². The Balaban J connectivity index is 1.69. The second-order valence-corrected chi connectivity index (χ2v) is 12.8. The molecule has 3 aromatic rings. The maximum atomic E-state index is 11.4. The number of fused-ring (bicyclic) bond motifs is 1. The van der Waals surface area contributed by atoms with Gasteiger partial charge in [0.1, 0.15) is 5.75 Å². The van der Waals surface area contributed by atoms with Crippen LogP contribution < -0.4 is 10.1 Å². The molecule has 0 saturated heterocycles. The zero-order valence-corrected chi connectivity index (χ0v) is 23.9. The predicted octanol–water partition coefficient (Wildman–Crippen LogP) is 8.29.